The first kappa shape index (κ1) is 23.4. The van der Waals surface area contributed by atoms with Gasteiger partial charge < -0.3 is 29.6 Å². The van der Waals surface area contributed by atoms with Crippen molar-refractivity contribution >= 4 is 27.4 Å². The number of hydrogen-bond acceptors (Lipinski definition) is 10. The molecule has 0 bridgehead atoms. The Kier molecular flexibility index (Phi) is 7.76. The van der Waals surface area contributed by atoms with Crippen molar-refractivity contribution in [1.82, 2.24) is 9.55 Å². The Balaban J connectivity index is 2.08. The molecule has 0 aromatic carbocycles. The summed E-state index contributed by atoms with van der Waals surface area (Å²) in [6, 6.07) is 1.48. The maximum absolute atomic E-state index is 12.1. The number of phosphoric acid groups is 2. The van der Waals surface area contributed by atoms with E-state index < -0.39 is 52.5 Å². The first-order chi connectivity index (χ1) is 12.9. The van der Waals surface area contributed by atoms with Crippen LogP contribution in [0, 0.1) is 0 Å². The largest absolute Gasteiger partial charge is 0.481 e. The van der Waals surface area contributed by atoms with Gasteiger partial charge in [0, 0.05) is 11.9 Å². The van der Waals surface area contributed by atoms with E-state index in [9.17, 15) is 29.0 Å². The zero-order chi connectivity index (χ0) is 21.1. The molecule has 2 heterocycles. The number of phosphoric ester groups is 1. The van der Waals surface area contributed by atoms with Gasteiger partial charge in [-0.3, -0.25) is 9.09 Å². The van der Waals surface area contributed by atoms with E-state index in [0.29, 0.717) is 10.8 Å². The van der Waals surface area contributed by atoms with Crippen LogP contribution in [0.4, 0.5) is 0 Å². The molecule has 0 amide bonds. The van der Waals surface area contributed by atoms with E-state index in [4.69, 9.17) is 14.5 Å². The van der Waals surface area contributed by atoms with Crippen LogP contribution in [0.2, 0.25) is 0 Å². The molecule has 16 heteroatoms. The van der Waals surface area contributed by atoms with E-state index in [1.54, 1.807) is 6.08 Å². The minimum absolute atomic E-state index is 0.407. The van der Waals surface area contributed by atoms with Crippen LogP contribution in [-0.4, -0.2) is 65.1 Å². The second-order valence-corrected chi connectivity index (χ2v) is 9.31. The molecule has 0 aliphatic carbocycles. The highest BCUT2D eigenvalue weighted by Gasteiger charge is 2.45. The van der Waals surface area contributed by atoms with Crippen LogP contribution in [0.3, 0.4) is 0 Å². The third-order valence-electron chi connectivity index (χ3n) is 3.38. The van der Waals surface area contributed by atoms with Crippen LogP contribution >= 0.6 is 27.4 Å². The molecule has 5 N–H and O–H groups in total. The van der Waals surface area contributed by atoms with Gasteiger partial charge in [0.2, 0.25) is 0 Å². The number of aliphatic hydroxyl groups excluding tert-OH is 2. The third kappa shape index (κ3) is 6.31. The first-order valence-electron chi connectivity index (χ1n) is 7.52. The predicted octanol–water partition coefficient (Wildman–Crippen LogP) is -0.633. The highest BCUT2D eigenvalue weighted by molar-refractivity contribution is 7.99. The SMILES string of the molecule is C=CCSc1ccn([C@@H]2O[C@H](COP(=O)(O)OP(=O)(O)O)[C@@H](O)[C@H]2O)c(=O)n1. The fourth-order valence-electron chi connectivity index (χ4n) is 2.24. The molecule has 1 aromatic heterocycles. The van der Waals surface area contributed by atoms with Crippen molar-refractivity contribution in [3.8, 4) is 0 Å². The maximum atomic E-state index is 12.1. The van der Waals surface area contributed by atoms with Crippen LogP contribution in [0.15, 0.2) is 34.7 Å². The van der Waals surface area contributed by atoms with Gasteiger partial charge >= 0.3 is 21.3 Å². The normalized spacial score (nSPS) is 27.5. The zero-order valence-electron chi connectivity index (χ0n) is 14.0. The van der Waals surface area contributed by atoms with E-state index >= 15 is 0 Å². The molecule has 1 aliphatic heterocycles. The second-order valence-electron chi connectivity index (χ2n) is 5.44. The van der Waals surface area contributed by atoms with Crippen molar-refractivity contribution in [2.75, 3.05) is 12.4 Å². The van der Waals surface area contributed by atoms with Crippen molar-refractivity contribution in [3.05, 3.63) is 35.4 Å². The molecule has 0 radical (unpaired) electrons. The van der Waals surface area contributed by atoms with Crippen molar-refractivity contribution in [1.29, 1.82) is 0 Å². The summed E-state index contributed by atoms with van der Waals surface area (Å²) in [5.74, 6) is 0.523. The van der Waals surface area contributed by atoms with Crippen LogP contribution in [0.1, 0.15) is 6.23 Å². The third-order valence-corrected chi connectivity index (χ3v) is 6.45. The molecule has 1 saturated heterocycles. The number of hydrogen-bond donors (Lipinski definition) is 5. The van der Waals surface area contributed by atoms with E-state index in [1.165, 1.54) is 24.0 Å². The fraction of sp³-hybridized carbons (Fsp3) is 0.500. The fourth-order valence-corrected chi connectivity index (χ4v) is 4.43. The number of rotatable bonds is 9. The summed E-state index contributed by atoms with van der Waals surface area (Å²) in [7, 11) is -10.5. The number of aliphatic hydroxyl groups is 2. The lowest BCUT2D eigenvalue weighted by atomic mass is 10.1. The molecule has 1 aliphatic rings. The first-order valence-corrected chi connectivity index (χ1v) is 11.5. The van der Waals surface area contributed by atoms with E-state index in [2.05, 4.69) is 20.4 Å². The number of thioether (sulfide) groups is 1. The van der Waals surface area contributed by atoms with Crippen molar-refractivity contribution < 1.29 is 47.6 Å². The van der Waals surface area contributed by atoms with Gasteiger partial charge in [-0.15, -0.1) is 18.3 Å². The van der Waals surface area contributed by atoms with Gasteiger partial charge in [0.05, 0.1) is 6.61 Å². The Morgan fingerprint density at radius 2 is 2.00 bits per heavy atom. The molecule has 158 valence electrons. The second kappa shape index (κ2) is 9.28. The standard InChI is InChI=1S/C12H18N2O11P2S/c1-2-5-28-8-3-4-14(12(17)13-8)11-10(16)9(15)7(24-11)6-23-27(21,22)25-26(18,19)20/h2-4,7,9-11,15-16H,1,5-6H2,(H,21,22)(H2,18,19,20)/t7-,9-,10-,11-/m1/s1. The minimum atomic E-state index is -5.31. The number of nitrogens with zero attached hydrogens (tertiary/aromatic N) is 2. The Morgan fingerprint density at radius 3 is 2.57 bits per heavy atom. The van der Waals surface area contributed by atoms with Gasteiger partial charge in [0.1, 0.15) is 23.3 Å². The highest BCUT2D eigenvalue weighted by atomic mass is 32.2. The molecule has 5 atom stereocenters. The monoisotopic (exact) mass is 460 g/mol. The summed E-state index contributed by atoms with van der Waals surface area (Å²) in [5.41, 5.74) is -0.774. The minimum Gasteiger partial charge on any atom is -0.387 e. The van der Waals surface area contributed by atoms with E-state index in [1.807, 2.05) is 0 Å². The van der Waals surface area contributed by atoms with Gasteiger partial charge in [-0.05, 0) is 6.07 Å². The van der Waals surface area contributed by atoms with Gasteiger partial charge in [0.25, 0.3) is 0 Å². The molecule has 1 fully saturated rings. The summed E-state index contributed by atoms with van der Waals surface area (Å²) >= 11 is 1.25. The summed E-state index contributed by atoms with van der Waals surface area (Å²) in [4.78, 5) is 42.3. The van der Waals surface area contributed by atoms with Crippen molar-refractivity contribution in [2.45, 2.75) is 29.6 Å². The van der Waals surface area contributed by atoms with Crippen LogP contribution < -0.4 is 5.69 Å². The van der Waals surface area contributed by atoms with E-state index in [-0.39, 0.29) is 0 Å². The Hall–Kier alpha value is -0.890. The average Bonchev–Trinajstić information content (AvgIpc) is 2.84. The smallest absolute Gasteiger partial charge is 0.387 e. The molecule has 1 aromatic rings. The van der Waals surface area contributed by atoms with Gasteiger partial charge in [-0.1, -0.05) is 6.08 Å². The molecule has 2 rings (SSSR count). The maximum Gasteiger partial charge on any atom is 0.481 e. The molecule has 1 unspecified atom stereocenters. The Labute approximate surface area is 162 Å². The van der Waals surface area contributed by atoms with Gasteiger partial charge in [-0.25, -0.2) is 13.9 Å². The zero-order valence-corrected chi connectivity index (χ0v) is 16.7. The van der Waals surface area contributed by atoms with Crippen LogP contribution in [-0.2, 0) is 22.7 Å². The average molecular weight is 460 g/mol. The molecule has 0 saturated carbocycles. The quantitative estimate of drug-likeness (QED) is 0.135. The van der Waals surface area contributed by atoms with E-state index in [0.717, 1.165) is 4.57 Å². The summed E-state index contributed by atoms with van der Waals surface area (Å²) in [6.07, 6.45) is -3.11. The molecule has 0 spiro atoms. The van der Waals surface area contributed by atoms with Crippen molar-refractivity contribution in [2.24, 2.45) is 0 Å². The lowest BCUT2D eigenvalue weighted by molar-refractivity contribution is -0.0543. The molecule has 28 heavy (non-hydrogen) atoms. The highest BCUT2D eigenvalue weighted by Crippen LogP contribution is 2.57. The lowest BCUT2D eigenvalue weighted by Crippen LogP contribution is -2.36. The van der Waals surface area contributed by atoms with Crippen LogP contribution in [0.25, 0.3) is 0 Å². The summed E-state index contributed by atoms with van der Waals surface area (Å²) in [6.45, 7) is 2.68. The molecular weight excluding hydrogens is 442 g/mol. The van der Waals surface area contributed by atoms with Gasteiger partial charge in [-0.2, -0.15) is 9.29 Å². The predicted molar refractivity (Wildman–Crippen MR) is 94.2 cm³/mol. The topological polar surface area (TPSA) is 198 Å². The molecule has 13 nitrogen and oxygen atoms in total. The number of aromatic nitrogens is 2. The Bertz CT molecular complexity index is 858. The van der Waals surface area contributed by atoms with Crippen molar-refractivity contribution in [3.63, 3.8) is 0 Å². The summed E-state index contributed by atoms with van der Waals surface area (Å²) < 4.78 is 36.2. The number of ether oxygens (including phenoxy) is 1. The summed E-state index contributed by atoms with van der Waals surface area (Å²) in [5, 5.41) is 20.5. The molecular formula is C12H18N2O11P2S. The van der Waals surface area contributed by atoms with Gasteiger partial charge in [0.15, 0.2) is 6.23 Å². The Morgan fingerprint density at radius 1 is 1.32 bits per heavy atom. The van der Waals surface area contributed by atoms with Crippen LogP contribution in [0.5, 0.6) is 0 Å². The lowest BCUT2D eigenvalue weighted by Gasteiger charge is -2.18.